The van der Waals surface area contributed by atoms with Gasteiger partial charge in [-0.2, -0.15) is 5.10 Å². The van der Waals surface area contributed by atoms with Crippen molar-refractivity contribution in [2.75, 3.05) is 0 Å². The van der Waals surface area contributed by atoms with Gasteiger partial charge in [0.1, 0.15) is 11.4 Å². The number of rotatable bonds is 3. The quantitative estimate of drug-likeness (QED) is 0.457. The van der Waals surface area contributed by atoms with Crippen molar-refractivity contribution in [2.24, 2.45) is 0 Å². The first-order valence-electron chi connectivity index (χ1n) is 9.30. The van der Waals surface area contributed by atoms with E-state index in [1.165, 1.54) is 24.0 Å². The summed E-state index contributed by atoms with van der Waals surface area (Å²) in [6.45, 7) is 0. The van der Waals surface area contributed by atoms with Crippen LogP contribution in [0.4, 0.5) is 0 Å². The molecule has 6 heteroatoms. The van der Waals surface area contributed by atoms with Crippen molar-refractivity contribution >= 4 is 5.78 Å². The molecule has 0 unspecified atom stereocenters. The predicted molar refractivity (Wildman–Crippen MR) is 104 cm³/mol. The Morgan fingerprint density at radius 1 is 0.786 bits per heavy atom. The zero-order chi connectivity index (χ0) is 18.5. The van der Waals surface area contributed by atoms with E-state index in [4.69, 9.17) is 23.9 Å². The van der Waals surface area contributed by atoms with Gasteiger partial charge < -0.3 is 8.83 Å². The highest BCUT2D eigenvalue weighted by Crippen LogP contribution is 2.31. The molecule has 0 atom stereocenters. The van der Waals surface area contributed by atoms with Crippen LogP contribution in [0.3, 0.4) is 0 Å². The molecular weight excluding hydrogens is 352 g/mol. The monoisotopic (exact) mass is 368 g/mol. The number of nitrogens with zero attached hydrogens (tertiary/aromatic N) is 4. The number of fused-ring (bicyclic) bond motifs is 2. The van der Waals surface area contributed by atoms with E-state index >= 15 is 0 Å². The van der Waals surface area contributed by atoms with E-state index in [0.717, 1.165) is 34.5 Å². The van der Waals surface area contributed by atoms with Crippen LogP contribution in [-0.4, -0.2) is 19.6 Å². The van der Waals surface area contributed by atoms with Crippen molar-refractivity contribution in [3.8, 4) is 33.8 Å². The lowest BCUT2D eigenvalue weighted by atomic mass is 10.1. The van der Waals surface area contributed by atoms with E-state index < -0.39 is 0 Å². The number of furan rings is 2. The van der Waals surface area contributed by atoms with Crippen LogP contribution in [0, 0.1) is 0 Å². The molecule has 28 heavy (non-hydrogen) atoms. The second-order valence-corrected chi connectivity index (χ2v) is 7.04. The Kier molecular flexibility index (Phi) is 3.25. The van der Waals surface area contributed by atoms with Crippen molar-refractivity contribution in [1.82, 2.24) is 19.6 Å². The van der Waals surface area contributed by atoms with E-state index in [1.807, 2.05) is 18.3 Å². The van der Waals surface area contributed by atoms with Gasteiger partial charge in [-0.15, -0.1) is 0 Å². The van der Waals surface area contributed by atoms with E-state index in [9.17, 15) is 0 Å². The minimum atomic E-state index is 0.555. The van der Waals surface area contributed by atoms with E-state index in [0.29, 0.717) is 11.5 Å². The highest BCUT2D eigenvalue weighted by atomic mass is 16.3. The fraction of sp³-hybridized carbons (Fsp3) is 0.136. The Morgan fingerprint density at radius 2 is 1.57 bits per heavy atom. The van der Waals surface area contributed by atoms with Gasteiger partial charge in [-0.05, 0) is 48.6 Å². The fourth-order valence-electron chi connectivity index (χ4n) is 3.88. The average Bonchev–Trinajstić information content (AvgIpc) is 3.53. The van der Waals surface area contributed by atoms with Crippen LogP contribution in [0.5, 0.6) is 0 Å². The van der Waals surface area contributed by atoms with E-state index in [1.54, 1.807) is 29.6 Å². The first-order chi connectivity index (χ1) is 13.8. The van der Waals surface area contributed by atoms with Gasteiger partial charge in [0, 0.05) is 16.7 Å². The summed E-state index contributed by atoms with van der Waals surface area (Å²) in [4.78, 5) is 9.52. The largest absolute Gasteiger partial charge is 0.472 e. The maximum absolute atomic E-state index is 5.25. The maximum atomic E-state index is 5.25. The van der Waals surface area contributed by atoms with Gasteiger partial charge in [-0.3, -0.25) is 0 Å². The molecule has 0 saturated carbocycles. The molecule has 6 nitrogen and oxygen atoms in total. The number of hydrogen-bond acceptors (Lipinski definition) is 5. The van der Waals surface area contributed by atoms with Crippen LogP contribution >= 0.6 is 0 Å². The molecular formula is C22H16N4O2. The smallest absolute Gasteiger partial charge is 0.251 e. The summed E-state index contributed by atoms with van der Waals surface area (Å²) in [5, 5.41) is 4.78. The molecule has 0 bridgehead atoms. The molecule has 5 aromatic rings. The molecule has 4 heterocycles. The minimum absolute atomic E-state index is 0.555. The van der Waals surface area contributed by atoms with Crippen molar-refractivity contribution in [2.45, 2.75) is 19.3 Å². The standard InChI is InChI=1S/C22H16N4O2/c1-2-14-4-5-16(10-15(14)3-1)19-11-26-22(23-19)24-20(17-6-8-27-12-17)21(25-26)18-7-9-28-13-18/h4-13H,1-3H2. The highest BCUT2D eigenvalue weighted by molar-refractivity contribution is 5.77. The van der Waals surface area contributed by atoms with Gasteiger partial charge in [0.2, 0.25) is 0 Å². The van der Waals surface area contributed by atoms with Crippen LogP contribution in [0.2, 0.25) is 0 Å². The highest BCUT2D eigenvalue weighted by Gasteiger charge is 2.18. The number of aromatic nitrogens is 4. The first-order valence-corrected chi connectivity index (χ1v) is 9.30. The molecule has 0 aliphatic heterocycles. The molecule has 136 valence electrons. The molecule has 0 radical (unpaired) electrons. The van der Waals surface area contributed by atoms with Gasteiger partial charge in [-0.25, -0.2) is 14.5 Å². The summed E-state index contributed by atoms with van der Waals surface area (Å²) in [7, 11) is 0. The lowest BCUT2D eigenvalue weighted by Crippen LogP contribution is -2.00. The van der Waals surface area contributed by atoms with Crippen LogP contribution in [0.15, 0.2) is 70.4 Å². The van der Waals surface area contributed by atoms with E-state index in [2.05, 4.69) is 18.2 Å². The Bertz CT molecular complexity index is 1210. The second-order valence-electron chi connectivity index (χ2n) is 7.04. The number of hydrogen-bond donors (Lipinski definition) is 0. The Hall–Kier alpha value is -3.67. The number of imidazole rings is 1. The van der Waals surface area contributed by atoms with E-state index in [-0.39, 0.29) is 0 Å². The summed E-state index contributed by atoms with van der Waals surface area (Å²) < 4.78 is 12.2. The molecule has 0 fully saturated rings. The molecule has 0 saturated heterocycles. The molecule has 0 amide bonds. The third-order valence-electron chi connectivity index (χ3n) is 5.30. The predicted octanol–water partition coefficient (Wildman–Crippen LogP) is 4.80. The summed E-state index contributed by atoms with van der Waals surface area (Å²) in [6.07, 6.45) is 12.1. The molecule has 1 aromatic carbocycles. The van der Waals surface area contributed by atoms with Crippen molar-refractivity contribution in [3.05, 3.63) is 72.7 Å². The fourth-order valence-corrected chi connectivity index (χ4v) is 3.88. The van der Waals surface area contributed by atoms with Gasteiger partial charge in [-0.1, -0.05) is 12.1 Å². The third kappa shape index (κ3) is 2.38. The Labute approximate surface area is 160 Å². The van der Waals surface area contributed by atoms with Gasteiger partial charge in [0.15, 0.2) is 0 Å². The van der Waals surface area contributed by atoms with Gasteiger partial charge >= 0.3 is 0 Å². The summed E-state index contributed by atoms with van der Waals surface area (Å²) in [5.74, 6) is 0.555. The number of benzene rings is 1. The normalized spacial score (nSPS) is 13.3. The first kappa shape index (κ1) is 15.4. The zero-order valence-corrected chi connectivity index (χ0v) is 15.0. The molecule has 1 aliphatic carbocycles. The lowest BCUT2D eigenvalue weighted by Gasteiger charge is -2.04. The minimum Gasteiger partial charge on any atom is -0.472 e. The molecule has 6 rings (SSSR count). The topological polar surface area (TPSA) is 69.4 Å². The third-order valence-corrected chi connectivity index (χ3v) is 5.30. The lowest BCUT2D eigenvalue weighted by molar-refractivity contribution is 0.567. The Morgan fingerprint density at radius 3 is 2.36 bits per heavy atom. The van der Waals surface area contributed by atoms with Gasteiger partial charge in [0.25, 0.3) is 5.78 Å². The summed E-state index contributed by atoms with van der Waals surface area (Å²) >= 11 is 0. The zero-order valence-electron chi connectivity index (χ0n) is 15.0. The summed E-state index contributed by atoms with van der Waals surface area (Å²) in [5.41, 5.74) is 8.00. The van der Waals surface area contributed by atoms with Crippen LogP contribution in [0.25, 0.3) is 39.5 Å². The Balaban J connectivity index is 1.54. The SMILES string of the molecule is c1cc(-c2nc3nc(-c4ccc5c(c4)CCC5)cn3nc2-c2ccoc2)co1. The van der Waals surface area contributed by atoms with Crippen LogP contribution in [0.1, 0.15) is 17.5 Å². The van der Waals surface area contributed by atoms with Crippen LogP contribution in [-0.2, 0) is 12.8 Å². The van der Waals surface area contributed by atoms with Gasteiger partial charge in [0.05, 0.1) is 36.9 Å². The van der Waals surface area contributed by atoms with Crippen molar-refractivity contribution in [3.63, 3.8) is 0 Å². The van der Waals surface area contributed by atoms with Crippen molar-refractivity contribution < 1.29 is 8.83 Å². The maximum Gasteiger partial charge on any atom is 0.251 e. The second kappa shape index (κ2) is 5.92. The average molecular weight is 368 g/mol. The molecule has 1 aliphatic rings. The van der Waals surface area contributed by atoms with Crippen molar-refractivity contribution in [1.29, 1.82) is 0 Å². The summed E-state index contributed by atoms with van der Waals surface area (Å²) in [6, 6.07) is 10.3. The molecule has 0 N–H and O–H groups in total. The van der Waals surface area contributed by atoms with Crippen LogP contribution < -0.4 is 0 Å². The molecule has 4 aromatic heterocycles. The molecule has 0 spiro atoms. The number of aryl methyl sites for hydroxylation is 2.